The van der Waals surface area contributed by atoms with E-state index in [9.17, 15) is 27.2 Å². The van der Waals surface area contributed by atoms with Gasteiger partial charge in [-0.25, -0.2) is 9.18 Å². The zero-order chi connectivity index (χ0) is 20.9. The highest BCUT2D eigenvalue weighted by Crippen LogP contribution is 2.31. The number of benzene rings is 1. The maximum absolute atomic E-state index is 13.1. The minimum atomic E-state index is -4.48. The topological polar surface area (TPSA) is 60.1 Å². The van der Waals surface area contributed by atoms with E-state index in [0.717, 1.165) is 12.1 Å². The average molecular weight is 406 g/mol. The lowest BCUT2D eigenvalue weighted by Gasteiger charge is -2.39. The number of carbonyl (C=O) groups excluding carboxylic acids is 1. The van der Waals surface area contributed by atoms with Gasteiger partial charge in [0, 0.05) is 19.3 Å². The molecule has 6 nitrogen and oxygen atoms in total. The van der Waals surface area contributed by atoms with Crippen LogP contribution in [0.3, 0.4) is 0 Å². The number of hydrogen-bond acceptors (Lipinski definition) is 3. The number of rotatable bonds is 3. The molecule has 0 spiro atoms. The van der Waals surface area contributed by atoms with Gasteiger partial charge in [0.25, 0.3) is 5.91 Å². The highest BCUT2D eigenvalue weighted by Gasteiger charge is 2.36. The highest BCUT2D eigenvalue weighted by molar-refractivity contribution is 5.91. The summed E-state index contributed by atoms with van der Waals surface area (Å²) in [5, 5.41) is 0. The van der Waals surface area contributed by atoms with Gasteiger partial charge in [0.05, 0.1) is 34.5 Å². The van der Waals surface area contributed by atoms with Crippen molar-refractivity contribution >= 4 is 16.9 Å². The van der Waals surface area contributed by atoms with Crippen molar-refractivity contribution in [2.24, 2.45) is 0 Å². The third-order valence-electron chi connectivity index (χ3n) is 4.88. The van der Waals surface area contributed by atoms with Crippen molar-refractivity contribution in [2.75, 3.05) is 13.1 Å². The third kappa shape index (κ3) is 3.10. The van der Waals surface area contributed by atoms with Crippen LogP contribution in [0.2, 0.25) is 0 Å². The molecule has 0 atom stereocenters. The number of pyridine rings is 1. The lowest BCUT2D eigenvalue weighted by atomic mass is 10.1. The molecule has 10 heteroatoms. The number of hydrogen-bond donors (Lipinski definition) is 0. The van der Waals surface area contributed by atoms with Gasteiger partial charge in [-0.2, -0.15) is 13.2 Å². The van der Waals surface area contributed by atoms with Crippen molar-refractivity contribution in [3.05, 3.63) is 71.2 Å². The molecule has 0 unspecified atom stereocenters. The summed E-state index contributed by atoms with van der Waals surface area (Å²) >= 11 is 0. The minimum absolute atomic E-state index is 0.114. The Morgan fingerprint density at radius 3 is 2.34 bits per heavy atom. The summed E-state index contributed by atoms with van der Waals surface area (Å²) in [5.74, 6) is -1.91. The fourth-order valence-corrected chi connectivity index (χ4v) is 3.43. The number of imidazole rings is 1. The monoisotopic (exact) mass is 406 g/mol. The van der Waals surface area contributed by atoms with Crippen LogP contribution in [0.15, 0.2) is 59.9 Å². The van der Waals surface area contributed by atoms with Gasteiger partial charge in [0.1, 0.15) is 0 Å². The predicted octanol–water partition coefficient (Wildman–Crippen LogP) is 3.07. The third-order valence-corrected chi connectivity index (χ3v) is 4.88. The van der Waals surface area contributed by atoms with Crippen molar-refractivity contribution in [1.82, 2.24) is 19.0 Å². The van der Waals surface area contributed by atoms with E-state index in [-0.39, 0.29) is 18.8 Å². The minimum Gasteiger partial charge on any atom is -0.332 e. The van der Waals surface area contributed by atoms with E-state index >= 15 is 0 Å². The zero-order valence-corrected chi connectivity index (χ0v) is 14.9. The molecule has 1 aliphatic rings. The van der Waals surface area contributed by atoms with Crippen LogP contribution in [0.1, 0.15) is 11.6 Å². The first-order chi connectivity index (χ1) is 13.7. The van der Waals surface area contributed by atoms with Crippen molar-refractivity contribution in [3.63, 3.8) is 0 Å². The summed E-state index contributed by atoms with van der Waals surface area (Å²) < 4.78 is 54.2. The quantitative estimate of drug-likeness (QED) is 0.496. The van der Waals surface area contributed by atoms with Crippen LogP contribution in [0.4, 0.5) is 17.6 Å². The summed E-state index contributed by atoms with van der Waals surface area (Å²) in [7, 11) is 0. The molecule has 0 saturated carbocycles. The summed E-state index contributed by atoms with van der Waals surface area (Å²) in [6.07, 6.45) is -1.55. The van der Waals surface area contributed by atoms with Crippen molar-refractivity contribution in [3.8, 4) is 5.69 Å². The molecule has 1 fully saturated rings. The van der Waals surface area contributed by atoms with E-state index in [0.29, 0.717) is 11.0 Å². The largest absolute Gasteiger partial charge is 0.416 e. The van der Waals surface area contributed by atoms with Gasteiger partial charge in [0.15, 0.2) is 5.83 Å². The smallest absolute Gasteiger partial charge is 0.332 e. The van der Waals surface area contributed by atoms with E-state index in [4.69, 9.17) is 0 Å². The second-order valence-electron chi connectivity index (χ2n) is 6.67. The number of fused-ring (bicyclic) bond motifs is 1. The van der Waals surface area contributed by atoms with Gasteiger partial charge in [-0.1, -0.05) is 6.58 Å². The van der Waals surface area contributed by atoms with Crippen LogP contribution in [0.25, 0.3) is 16.7 Å². The SMILES string of the molecule is C=C(F)C(=O)N1CC(n2c(=O)n(-c3ccc(C(F)(F)F)cc3)c3ccncc32)C1. The number of alkyl halides is 3. The van der Waals surface area contributed by atoms with Gasteiger partial charge in [-0.15, -0.1) is 0 Å². The fraction of sp³-hybridized carbons (Fsp3) is 0.211. The maximum Gasteiger partial charge on any atom is 0.416 e. The molecule has 2 aromatic heterocycles. The van der Waals surface area contributed by atoms with E-state index in [1.807, 2.05) is 0 Å². The second kappa shape index (κ2) is 6.57. The molecule has 1 amide bonds. The Labute approximate surface area is 161 Å². The molecule has 4 rings (SSSR count). The molecule has 0 radical (unpaired) electrons. The Bertz CT molecular complexity index is 1170. The lowest BCUT2D eigenvalue weighted by Crippen LogP contribution is -2.52. The zero-order valence-electron chi connectivity index (χ0n) is 14.9. The lowest BCUT2D eigenvalue weighted by molar-refractivity contribution is -0.137. The van der Waals surface area contributed by atoms with Crippen LogP contribution in [-0.2, 0) is 11.0 Å². The Morgan fingerprint density at radius 2 is 1.76 bits per heavy atom. The van der Waals surface area contributed by atoms with E-state index in [2.05, 4.69) is 11.6 Å². The van der Waals surface area contributed by atoms with Gasteiger partial charge in [-0.3, -0.25) is 18.9 Å². The molecule has 1 aromatic carbocycles. The number of aromatic nitrogens is 3. The van der Waals surface area contributed by atoms with Crippen LogP contribution in [0, 0.1) is 0 Å². The molecule has 0 bridgehead atoms. The Kier molecular flexibility index (Phi) is 4.29. The first-order valence-electron chi connectivity index (χ1n) is 8.56. The van der Waals surface area contributed by atoms with E-state index < -0.39 is 35.2 Å². The summed E-state index contributed by atoms with van der Waals surface area (Å²) in [6, 6.07) is 5.42. The molecule has 29 heavy (non-hydrogen) atoms. The highest BCUT2D eigenvalue weighted by atomic mass is 19.4. The molecule has 3 aromatic rings. The summed E-state index contributed by atoms with van der Waals surface area (Å²) in [5.41, 5.74) is -0.108. The first-order valence-corrected chi connectivity index (χ1v) is 8.56. The van der Waals surface area contributed by atoms with Crippen molar-refractivity contribution in [1.29, 1.82) is 0 Å². The maximum atomic E-state index is 13.1. The first kappa shape index (κ1) is 18.9. The second-order valence-corrected chi connectivity index (χ2v) is 6.67. The Morgan fingerprint density at radius 1 is 1.10 bits per heavy atom. The number of halogens is 4. The number of nitrogens with zero attached hydrogens (tertiary/aromatic N) is 4. The standard InChI is InChI=1S/C19H14F4N4O2/c1-11(20)17(28)25-9-14(10-25)27-16-8-24-7-6-15(16)26(18(27)29)13-4-2-12(3-5-13)19(21,22)23/h2-8,14H,1,9-10H2. The van der Waals surface area contributed by atoms with Gasteiger partial charge in [-0.05, 0) is 30.3 Å². The number of amides is 1. The van der Waals surface area contributed by atoms with Gasteiger partial charge in [0.2, 0.25) is 0 Å². The fourth-order valence-electron chi connectivity index (χ4n) is 3.43. The normalized spacial score (nSPS) is 14.8. The van der Waals surface area contributed by atoms with Gasteiger partial charge >= 0.3 is 11.9 Å². The Balaban J connectivity index is 1.76. The van der Waals surface area contributed by atoms with Crippen LogP contribution in [-0.4, -0.2) is 38.0 Å². The average Bonchev–Trinajstić information content (AvgIpc) is 2.92. The van der Waals surface area contributed by atoms with E-state index in [1.165, 1.54) is 38.6 Å². The molecule has 0 N–H and O–H groups in total. The van der Waals surface area contributed by atoms with Crippen molar-refractivity contribution < 1.29 is 22.4 Å². The predicted molar refractivity (Wildman–Crippen MR) is 96.2 cm³/mol. The molecule has 1 saturated heterocycles. The Hall–Kier alpha value is -3.43. The molecule has 3 heterocycles. The number of carbonyl (C=O) groups is 1. The van der Waals surface area contributed by atoms with Crippen LogP contribution >= 0.6 is 0 Å². The van der Waals surface area contributed by atoms with Gasteiger partial charge < -0.3 is 4.90 Å². The van der Waals surface area contributed by atoms with Crippen LogP contribution < -0.4 is 5.69 Å². The molecular weight excluding hydrogens is 392 g/mol. The molecule has 150 valence electrons. The summed E-state index contributed by atoms with van der Waals surface area (Å²) in [6.45, 7) is 3.20. The molecule has 1 aliphatic heterocycles. The molecular formula is C19H14F4N4O2. The van der Waals surface area contributed by atoms with Crippen molar-refractivity contribution in [2.45, 2.75) is 12.2 Å². The van der Waals surface area contributed by atoms with Crippen LogP contribution in [0.5, 0.6) is 0 Å². The molecule has 0 aliphatic carbocycles. The summed E-state index contributed by atoms with van der Waals surface area (Å²) in [4.78, 5) is 30.0. The number of likely N-dealkylation sites (tertiary alicyclic amines) is 1. The van der Waals surface area contributed by atoms with E-state index in [1.54, 1.807) is 6.07 Å².